The van der Waals surface area contributed by atoms with E-state index in [2.05, 4.69) is 0 Å². The molecule has 20 heavy (non-hydrogen) atoms. The summed E-state index contributed by atoms with van der Waals surface area (Å²) in [7, 11) is 0. The van der Waals surface area contributed by atoms with Crippen molar-refractivity contribution in [2.75, 3.05) is 6.54 Å². The van der Waals surface area contributed by atoms with Gasteiger partial charge >= 0.3 is 12.3 Å². The Labute approximate surface area is 112 Å². The summed E-state index contributed by atoms with van der Waals surface area (Å²) in [5, 5.41) is 10.8. The van der Waals surface area contributed by atoms with Gasteiger partial charge in [-0.3, -0.25) is 4.79 Å². The largest absolute Gasteiger partial charge is 0.508 e. The molecule has 0 heterocycles. The highest BCUT2D eigenvalue weighted by Crippen LogP contribution is 2.21. The summed E-state index contributed by atoms with van der Waals surface area (Å²) in [5.74, 6) is -5.20. The van der Waals surface area contributed by atoms with Gasteiger partial charge in [-0.1, -0.05) is 12.1 Å². The van der Waals surface area contributed by atoms with Crippen molar-refractivity contribution in [2.45, 2.75) is 24.8 Å². The standard InChI is InChI=1S/C12H14F4N2O2/c13-11(14)12(15,16)6-18-10(20)9(17)5-7-1-3-8(19)4-2-7/h1-4,9,11,19H,5-6,17H2,(H,18,20). The fraction of sp³-hybridized carbons (Fsp3) is 0.417. The zero-order valence-corrected chi connectivity index (χ0v) is 10.3. The number of nitrogens with two attached hydrogens (primary N) is 1. The Morgan fingerprint density at radius 2 is 1.85 bits per heavy atom. The van der Waals surface area contributed by atoms with E-state index in [-0.39, 0.29) is 12.2 Å². The number of carbonyl (C=O) groups excluding carboxylic acids is 1. The minimum Gasteiger partial charge on any atom is -0.508 e. The maximum atomic E-state index is 12.6. The third kappa shape index (κ3) is 4.69. The highest BCUT2D eigenvalue weighted by atomic mass is 19.3. The molecule has 0 aliphatic carbocycles. The second kappa shape index (κ2) is 6.56. The second-order valence-corrected chi connectivity index (χ2v) is 4.26. The summed E-state index contributed by atoms with van der Waals surface area (Å²) in [4.78, 5) is 11.4. The molecule has 1 rings (SSSR count). The summed E-state index contributed by atoms with van der Waals surface area (Å²) in [6, 6.07) is 4.63. The molecular formula is C12H14F4N2O2. The Bertz CT molecular complexity index is 451. The first-order chi connectivity index (χ1) is 9.22. The quantitative estimate of drug-likeness (QED) is 0.692. The topological polar surface area (TPSA) is 75.3 Å². The fourth-order valence-electron chi connectivity index (χ4n) is 1.39. The Morgan fingerprint density at radius 1 is 1.30 bits per heavy atom. The van der Waals surface area contributed by atoms with Gasteiger partial charge in [-0.15, -0.1) is 0 Å². The lowest BCUT2D eigenvalue weighted by Crippen LogP contribution is -2.48. The fourth-order valence-corrected chi connectivity index (χ4v) is 1.39. The first kappa shape index (κ1) is 16.2. The molecule has 1 aromatic carbocycles. The molecule has 8 heteroatoms. The molecule has 0 aliphatic heterocycles. The van der Waals surface area contributed by atoms with Crippen LogP contribution in [-0.2, 0) is 11.2 Å². The number of phenolic OH excluding ortho intramolecular Hbond substituents is 1. The molecule has 1 atom stereocenters. The van der Waals surface area contributed by atoms with Gasteiger partial charge in [0.05, 0.1) is 12.6 Å². The van der Waals surface area contributed by atoms with Crippen LogP contribution in [0.25, 0.3) is 0 Å². The van der Waals surface area contributed by atoms with E-state index in [1.54, 1.807) is 5.32 Å². The molecular weight excluding hydrogens is 280 g/mol. The van der Waals surface area contributed by atoms with Crippen LogP contribution in [0.2, 0.25) is 0 Å². The molecule has 1 aromatic rings. The average Bonchev–Trinajstić information content (AvgIpc) is 2.38. The molecule has 4 nitrogen and oxygen atoms in total. The van der Waals surface area contributed by atoms with Crippen molar-refractivity contribution in [3.05, 3.63) is 29.8 Å². The minimum atomic E-state index is -4.28. The van der Waals surface area contributed by atoms with Crippen LogP contribution in [-0.4, -0.2) is 35.9 Å². The number of aromatic hydroxyl groups is 1. The summed E-state index contributed by atoms with van der Waals surface area (Å²) in [6.07, 6.45) is -3.82. The Balaban J connectivity index is 2.49. The molecule has 0 bridgehead atoms. The van der Waals surface area contributed by atoms with Crippen molar-refractivity contribution in [1.82, 2.24) is 5.32 Å². The van der Waals surface area contributed by atoms with Gasteiger partial charge in [0.1, 0.15) is 5.75 Å². The number of alkyl halides is 4. The Hall–Kier alpha value is -1.83. The molecule has 0 fully saturated rings. The van der Waals surface area contributed by atoms with E-state index in [4.69, 9.17) is 10.8 Å². The summed E-state index contributed by atoms with van der Waals surface area (Å²) in [6.45, 7) is -1.47. The van der Waals surface area contributed by atoms with Gasteiger partial charge < -0.3 is 16.2 Å². The van der Waals surface area contributed by atoms with Gasteiger partial charge in [-0.25, -0.2) is 8.78 Å². The van der Waals surface area contributed by atoms with Crippen molar-refractivity contribution in [3.63, 3.8) is 0 Å². The second-order valence-electron chi connectivity index (χ2n) is 4.26. The third-order valence-electron chi connectivity index (χ3n) is 2.55. The molecule has 0 aromatic heterocycles. The summed E-state index contributed by atoms with van der Waals surface area (Å²) >= 11 is 0. The van der Waals surface area contributed by atoms with Gasteiger partial charge in [-0.2, -0.15) is 8.78 Å². The van der Waals surface area contributed by atoms with Crippen LogP contribution < -0.4 is 11.1 Å². The van der Waals surface area contributed by atoms with Gasteiger partial charge in [0, 0.05) is 0 Å². The van der Waals surface area contributed by atoms with Crippen LogP contribution >= 0.6 is 0 Å². The number of benzene rings is 1. The predicted molar refractivity (Wildman–Crippen MR) is 63.7 cm³/mol. The number of hydrogen-bond donors (Lipinski definition) is 3. The van der Waals surface area contributed by atoms with Gasteiger partial charge in [0.15, 0.2) is 0 Å². The number of halogens is 4. The molecule has 112 valence electrons. The maximum absolute atomic E-state index is 12.6. The highest BCUT2D eigenvalue weighted by molar-refractivity contribution is 5.81. The summed E-state index contributed by atoms with van der Waals surface area (Å²) < 4.78 is 49.0. The van der Waals surface area contributed by atoms with Gasteiger partial charge in [-0.05, 0) is 24.1 Å². The Morgan fingerprint density at radius 3 is 2.35 bits per heavy atom. The third-order valence-corrected chi connectivity index (χ3v) is 2.55. The number of rotatable bonds is 6. The molecule has 0 saturated carbocycles. The monoisotopic (exact) mass is 294 g/mol. The van der Waals surface area contributed by atoms with Crippen molar-refractivity contribution in [1.29, 1.82) is 0 Å². The van der Waals surface area contributed by atoms with Crippen molar-refractivity contribution in [2.24, 2.45) is 5.73 Å². The lowest BCUT2D eigenvalue weighted by molar-refractivity contribution is -0.137. The molecule has 0 aliphatic rings. The zero-order valence-electron chi connectivity index (χ0n) is 10.3. The van der Waals surface area contributed by atoms with Crippen LogP contribution in [0.4, 0.5) is 17.6 Å². The lowest BCUT2D eigenvalue weighted by atomic mass is 10.1. The molecule has 0 saturated heterocycles. The first-order valence-corrected chi connectivity index (χ1v) is 5.69. The molecule has 0 radical (unpaired) electrons. The maximum Gasteiger partial charge on any atom is 0.324 e. The van der Waals surface area contributed by atoms with Crippen LogP contribution in [0.3, 0.4) is 0 Å². The number of hydrogen-bond acceptors (Lipinski definition) is 3. The van der Waals surface area contributed by atoms with Crippen LogP contribution in [0.5, 0.6) is 5.75 Å². The number of phenols is 1. The van der Waals surface area contributed by atoms with E-state index >= 15 is 0 Å². The lowest BCUT2D eigenvalue weighted by Gasteiger charge is -2.18. The van der Waals surface area contributed by atoms with E-state index in [0.717, 1.165) is 0 Å². The zero-order chi connectivity index (χ0) is 15.3. The first-order valence-electron chi connectivity index (χ1n) is 5.69. The van der Waals surface area contributed by atoms with Crippen LogP contribution in [0, 0.1) is 0 Å². The SMILES string of the molecule is NC(Cc1ccc(O)cc1)C(=O)NCC(F)(F)C(F)F. The summed E-state index contributed by atoms with van der Waals surface area (Å²) in [5.41, 5.74) is 6.09. The molecule has 1 unspecified atom stereocenters. The molecule has 4 N–H and O–H groups in total. The van der Waals surface area contributed by atoms with E-state index < -0.39 is 30.8 Å². The number of nitrogens with one attached hydrogen (secondary N) is 1. The van der Waals surface area contributed by atoms with Gasteiger partial charge in [0.2, 0.25) is 5.91 Å². The van der Waals surface area contributed by atoms with E-state index in [9.17, 15) is 22.4 Å². The smallest absolute Gasteiger partial charge is 0.324 e. The number of carbonyl (C=O) groups is 1. The number of amides is 1. The normalized spacial score (nSPS) is 13.3. The van der Waals surface area contributed by atoms with Crippen LogP contribution in [0.15, 0.2) is 24.3 Å². The minimum absolute atomic E-state index is 0.0309. The van der Waals surface area contributed by atoms with E-state index in [0.29, 0.717) is 5.56 Å². The molecule has 0 spiro atoms. The molecule has 1 amide bonds. The van der Waals surface area contributed by atoms with Gasteiger partial charge in [0.25, 0.3) is 0 Å². The van der Waals surface area contributed by atoms with Crippen molar-refractivity contribution in [3.8, 4) is 5.75 Å². The van der Waals surface area contributed by atoms with Crippen molar-refractivity contribution < 1.29 is 27.5 Å². The van der Waals surface area contributed by atoms with E-state index in [1.165, 1.54) is 24.3 Å². The highest BCUT2D eigenvalue weighted by Gasteiger charge is 2.41. The van der Waals surface area contributed by atoms with E-state index in [1.807, 2.05) is 0 Å². The van der Waals surface area contributed by atoms with Crippen molar-refractivity contribution >= 4 is 5.91 Å². The predicted octanol–water partition coefficient (Wildman–Crippen LogP) is 1.28. The average molecular weight is 294 g/mol. The Kier molecular flexibility index (Phi) is 5.32. The van der Waals surface area contributed by atoms with Crippen LogP contribution in [0.1, 0.15) is 5.56 Å².